The van der Waals surface area contributed by atoms with Crippen LogP contribution in [-0.4, -0.2) is 19.1 Å². The third kappa shape index (κ3) is 7.28. The highest BCUT2D eigenvalue weighted by atomic mass is 28.3. The molecule has 0 saturated heterocycles. The molecule has 0 aromatic heterocycles. The molecule has 68 valence electrons. The van der Waals surface area contributed by atoms with Gasteiger partial charge in [0.25, 0.3) is 0 Å². The maximum Gasteiger partial charge on any atom is 0.328 e. The fraction of sp³-hybridized carbons (Fsp3) is 0.444. The molecule has 0 aliphatic rings. The Hall–Kier alpha value is -0.833. The number of hydrogen-bond donors (Lipinski definition) is 1. The molecular formula is C9H16O2Si. The zero-order chi connectivity index (χ0) is 9.78. The van der Waals surface area contributed by atoms with Gasteiger partial charge < -0.3 is 5.11 Å². The maximum atomic E-state index is 10.2. The number of allylic oxidation sites excluding steroid dienone is 2. The third-order valence-electron chi connectivity index (χ3n) is 1.20. The molecule has 0 amide bonds. The Bertz CT molecular complexity index is 221. The van der Waals surface area contributed by atoms with Gasteiger partial charge in [0.1, 0.15) is 0 Å². The second-order valence-electron chi connectivity index (χ2n) is 3.93. The van der Waals surface area contributed by atoms with Gasteiger partial charge in [-0.05, 0) is 12.5 Å². The van der Waals surface area contributed by atoms with Crippen molar-refractivity contribution in [3.8, 4) is 0 Å². The number of carbonyl (C=O) groups is 1. The van der Waals surface area contributed by atoms with Gasteiger partial charge in [-0.3, -0.25) is 0 Å². The molecule has 0 radical (unpaired) electrons. The summed E-state index contributed by atoms with van der Waals surface area (Å²) in [5.41, 5.74) is 2.92. The van der Waals surface area contributed by atoms with E-state index in [0.717, 1.165) is 5.57 Å². The fourth-order valence-electron chi connectivity index (χ4n) is 0.624. The van der Waals surface area contributed by atoms with E-state index in [9.17, 15) is 4.79 Å². The highest BCUT2D eigenvalue weighted by Crippen LogP contribution is 2.04. The maximum absolute atomic E-state index is 10.2. The fourth-order valence-corrected chi connectivity index (χ4v) is 1.39. The first-order valence-corrected chi connectivity index (χ1v) is 7.49. The van der Waals surface area contributed by atoms with Crippen LogP contribution in [0.5, 0.6) is 0 Å². The molecular weight excluding hydrogens is 168 g/mol. The standard InChI is InChI=1S/C9H16O2Si/c1-8(7-9(10)11)5-6-12(2,3)4/h5-7H,1-4H3,(H,10,11)/b6-5+,8-7-. The summed E-state index contributed by atoms with van der Waals surface area (Å²) in [6.07, 6.45) is 3.11. The van der Waals surface area contributed by atoms with Crippen molar-refractivity contribution in [2.24, 2.45) is 0 Å². The molecule has 0 atom stereocenters. The summed E-state index contributed by atoms with van der Waals surface area (Å²) >= 11 is 0. The summed E-state index contributed by atoms with van der Waals surface area (Å²) in [5.74, 6) is -0.882. The Morgan fingerprint density at radius 3 is 2.17 bits per heavy atom. The van der Waals surface area contributed by atoms with Crippen LogP contribution in [-0.2, 0) is 4.79 Å². The van der Waals surface area contributed by atoms with Crippen molar-refractivity contribution in [1.82, 2.24) is 0 Å². The summed E-state index contributed by atoms with van der Waals surface area (Å²) in [5, 5.41) is 8.41. The first-order chi connectivity index (χ1) is 5.31. The minimum absolute atomic E-state index is 0.796. The molecule has 0 aliphatic heterocycles. The van der Waals surface area contributed by atoms with Crippen LogP contribution in [0.3, 0.4) is 0 Å². The van der Waals surface area contributed by atoms with Crippen molar-refractivity contribution in [3.05, 3.63) is 23.4 Å². The molecule has 0 bridgehead atoms. The molecule has 0 aromatic carbocycles. The molecule has 0 saturated carbocycles. The average molecular weight is 184 g/mol. The second kappa shape index (κ2) is 4.26. The molecule has 12 heavy (non-hydrogen) atoms. The molecule has 0 rings (SSSR count). The lowest BCUT2D eigenvalue weighted by Gasteiger charge is -2.07. The first kappa shape index (κ1) is 11.2. The summed E-state index contributed by atoms with van der Waals surface area (Å²) < 4.78 is 0. The predicted octanol–water partition coefficient (Wildman–Crippen LogP) is 2.45. The number of hydrogen-bond acceptors (Lipinski definition) is 1. The quantitative estimate of drug-likeness (QED) is 0.415. The van der Waals surface area contributed by atoms with Gasteiger partial charge in [-0.1, -0.05) is 31.4 Å². The lowest BCUT2D eigenvalue weighted by Crippen LogP contribution is -2.15. The van der Waals surface area contributed by atoms with E-state index < -0.39 is 14.0 Å². The lowest BCUT2D eigenvalue weighted by atomic mass is 10.3. The highest BCUT2D eigenvalue weighted by Gasteiger charge is 2.06. The van der Waals surface area contributed by atoms with E-state index >= 15 is 0 Å². The van der Waals surface area contributed by atoms with E-state index in [-0.39, 0.29) is 0 Å². The van der Waals surface area contributed by atoms with E-state index in [1.54, 1.807) is 6.92 Å². The van der Waals surface area contributed by atoms with Gasteiger partial charge in [-0.15, -0.1) is 0 Å². The Balaban J connectivity index is 4.27. The summed E-state index contributed by atoms with van der Waals surface area (Å²) in [4.78, 5) is 10.2. The lowest BCUT2D eigenvalue weighted by molar-refractivity contribution is -0.131. The molecule has 0 aliphatic carbocycles. The molecule has 3 heteroatoms. The van der Waals surface area contributed by atoms with Crippen molar-refractivity contribution in [2.75, 3.05) is 0 Å². The van der Waals surface area contributed by atoms with Gasteiger partial charge in [-0.2, -0.15) is 0 Å². The Morgan fingerprint density at radius 2 is 1.83 bits per heavy atom. The van der Waals surface area contributed by atoms with Gasteiger partial charge >= 0.3 is 5.97 Å². The molecule has 1 N–H and O–H groups in total. The normalized spacial score (nSPS) is 13.8. The van der Waals surface area contributed by atoms with Crippen molar-refractivity contribution >= 4 is 14.0 Å². The van der Waals surface area contributed by atoms with E-state index in [0.29, 0.717) is 0 Å². The van der Waals surface area contributed by atoms with E-state index in [1.165, 1.54) is 6.08 Å². The van der Waals surface area contributed by atoms with E-state index in [2.05, 4.69) is 25.3 Å². The van der Waals surface area contributed by atoms with Crippen molar-refractivity contribution in [2.45, 2.75) is 26.6 Å². The van der Waals surface area contributed by atoms with Gasteiger partial charge in [0.15, 0.2) is 0 Å². The van der Waals surface area contributed by atoms with Crippen LogP contribution in [0.1, 0.15) is 6.92 Å². The van der Waals surface area contributed by atoms with Crippen LogP contribution in [0, 0.1) is 0 Å². The minimum Gasteiger partial charge on any atom is -0.478 e. The zero-order valence-electron chi connectivity index (χ0n) is 8.09. The first-order valence-electron chi connectivity index (χ1n) is 3.92. The van der Waals surface area contributed by atoms with Gasteiger partial charge in [0.05, 0.1) is 8.07 Å². The minimum atomic E-state index is -1.19. The van der Waals surface area contributed by atoms with E-state index in [1.807, 2.05) is 6.08 Å². The average Bonchev–Trinajstić information content (AvgIpc) is 1.80. The third-order valence-corrected chi connectivity index (χ3v) is 2.36. The van der Waals surface area contributed by atoms with Crippen molar-refractivity contribution in [3.63, 3.8) is 0 Å². The number of carboxylic acid groups (broad SMARTS) is 1. The van der Waals surface area contributed by atoms with E-state index in [4.69, 9.17) is 5.11 Å². The smallest absolute Gasteiger partial charge is 0.328 e. The van der Waals surface area contributed by atoms with Crippen molar-refractivity contribution < 1.29 is 9.90 Å². The zero-order valence-corrected chi connectivity index (χ0v) is 9.09. The molecule has 0 aromatic rings. The number of rotatable bonds is 3. The number of aliphatic carboxylic acids is 1. The van der Waals surface area contributed by atoms with Crippen LogP contribution in [0.2, 0.25) is 19.6 Å². The summed E-state index contributed by atoms with van der Waals surface area (Å²) in [7, 11) is -1.19. The van der Waals surface area contributed by atoms with Crippen LogP contribution < -0.4 is 0 Å². The monoisotopic (exact) mass is 184 g/mol. The van der Waals surface area contributed by atoms with Gasteiger partial charge in [0, 0.05) is 6.08 Å². The molecule has 0 fully saturated rings. The Morgan fingerprint density at radius 1 is 1.33 bits per heavy atom. The van der Waals surface area contributed by atoms with Crippen LogP contribution >= 0.6 is 0 Å². The van der Waals surface area contributed by atoms with Gasteiger partial charge in [0.2, 0.25) is 0 Å². The Kier molecular flexibility index (Phi) is 3.96. The number of carboxylic acids is 1. The second-order valence-corrected chi connectivity index (χ2v) is 8.99. The highest BCUT2D eigenvalue weighted by molar-refractivity contribution is 6.81. The topological polar surface area (TPSA) is 37.3 Å². The summed E-state index contributed by atoms with van der Waals surface area (Å²) in [6.45, 7) is 8.41. The largest absolute Gasteiger partial charge is 0.478 e. The van der Waals surface area contributed by atoms with Crippen molar-refractivity contribution in [1.29, 1.82) is 0 Å². The molecule has 0 spiro atoms. The Labute approximate surface area is 74.6 Å². The molecule has 0 heterocycles. The molecule has 0 unspecified atom stereocenters. The van der Waals surface area contributed by atoms with Gasteiger partial charge in [-0.25, -0.2) is 4.79 Å². The predicted molar refractivity (Wildman–Crippen MR) is 53.9 cm³/mol. The van der Waals surface area contributed by atoms with Crippen LogP contribution in [0.4, 0.5) is 0 Å². The van der Waals surface area contributed by atoms with Crippen LogP contribution in [0.15, 0.2) is 23.4 Å². The SMILES string of the molecule is CC(=C/C(=O)O)/C=C/[Si](C)(C)C. The van der Waals surface area contributed by atoms with Crippen LogP contribution in [0.25, 0.3) is 0 Å². The summed E-state index contributed by atoms with van der Waals surface area (Å²) in [6, 6.07) is 0. The molecule has 2 nitrogen and oxygen atoms in total.